The summed E-state index contributed by atoms with van der Waals surface area (Å²) in [7, 11) is 0. The van der Waals surface area contributed by atoms with Crippen LogP contribution in [-0.2, 0) is 17.6 Å². The van der Waals surface area contributed by atoms with Gasteiger partial charge in [-0.05, 0) is 46.5 Å². The average molecular weight is 435 g/mol. The monoisotopic (exact) mass is 434 g/mol. The lowest BCUT2D eigenvalue weighted by Gasteiger charge is -2.12. The molecule has 29 heavy (non-hydrogen) atoms. The van der Waals surface area contributed by atoms with Gasteiger partial charge in [-0.3, -0.25) is 0 Å². The van der Waals surface area contributed by atoms with E-state index >= 15 is 0 Å². The van der Waals surface area contributed by atoms with E-state index in [0.29, 0.717) is 33.2 Å². The van der Waals surface area contributed by atoms with Crippen LogP contribution in [0.1, 0.15) is 22.3 Å². The number of phenolic OH excluding ortho intramolecular Hbond substituents is 1. The fourth-order valence-corrected chi connectivity index (χ4v) is 3.52. The molecule has 0 aliphatic carbocycles. The summed E-state index contributed by atoms with van der Waals surface area (Å²) in [6.07, 6.45) is 0.622. The van der Waals surface area contributed by atoms with E-state index in [9.17, 15) is 14.3 Å². The van der Waals surface area contributed by atoms with Crippen molar-refractivity contribution in [3.05, 3.63) is 92.7 Å². The fraction of sp³-hybridized carbons (Fsp3) is 0.136. The zero-order valence-electron chi connectivity index (χ0n) is 15.2. The Labute approximate surface area is 177 Å². The number of phenols is 1. The van der Waals surface area contributed by atoms with E-state index in [2.05, 4.69) is 0 Å². The van der Waals surface area contributed by atoms with E-state index in [4.69, 9.17) is 33.0 Å². The molecule has 0 unspecified atom stereocenters. The molecule has 2 N–H and O–H groups in total. The second kappa shape index (κ2) is 9.16. The van der Waals surface area contributed by atoms with Crippen molar-refractivity contribution in [2.75, 3.05) is 6.61 Å². The topological polar surface area (TPSA) is 66.8 Å². The number of hydrogen-bond acceptors (Lipinski definition) is 3. The highest BCUT2D eigenvalue weighted by Crippen LogP contribution is 2.33. The van der Waals surface area contributed by atoms with Crippen LogP contribution in [-0.4, -0.2) is 22.8 Å². The second-order valence-electron chi connectivity index (χ2n) is 6.46. The molecule has 0 atom stereocenters. The summed E-state index contributed by atoms with van der Waals surface area (Å²) in [5, 5.41) is 19.5. The lowest BCUT2D eigenvalue weighted by atomic mass is 9.98. The van der Waals surface area contributed by atoms with Gasteiger partial charge in [-0.15, -0.1) is 0 Å². The first-order chi connectivity index (χ1) is 13.8. The highest BCUT2D eigenvalue weighted by molar-refractivity contribution is 6.36. The lowest BCUT2D eigenvalue weighted by Crippen LogP contribution is -2.09. The van der Waals surface area contributed by atoms with Crippen LogP contribution < -0.4 is 4.74 Å². The van der Waals surface area contributed by atoms with Crippen LogP contribution in [0.25, 0.3) is 0 Å². The molecule has 0 saturated heterocycles. The molecule has 0 aliphatic heterocycles. The Morgan fingerprint density at radius 2 is 1.66 bits per heavy atom. The maximum absolute atomic E-state index is 13.9. The summed E-state index contributed by atoms with van der Waals surface area (Å²) in [6, 6.07) is 14.5. The molecule has 7 heteroatoms. The van der Waals surface area contributed by atoms with Gasteiger partial charge in [-0.1, -0.05) is 53.5 Å². The van der Waals surface area contributed by atoms with Crippen molar-refractivity contribution in [3.63, 3.8) is 0 Å². The van der Waals surface area contributed by atoms with Crippen molar-refractivity contribution >= 4 is 29.2 Å². The van der Waals surface area contributed by atoms with Gasteiger partial charge >= 0.3 is 5.97 Å². The minimum atomic E-state index is -1.10. The Morgan fingerprint density at radius 1 is 0.966 bits per heavy atom. The van der Waals surface area contributed by atoms with Gasteiger partial charge in [0.1, 0.15) is 17.3 Å². The van der Waals surface area contributed by atoms with Crippen LogP contribution in [0.2, 0.25) is 10.0 Å². The molecule has 0 spiro atoms. The Kier molecular flexibility index (Phi) is 6.62. The van der Waals surface area contributed by atoms with E-state index in [1.807, 2.05) is 0 Å². The first-order valence-electron chi connectivity index (χ1n) is 8.70. The molecule has 0 amide bonds. The van der Waals surface area contributed by atoms with Crippen LogP contribution in [0.5, 0.6) is 11.5 Å². The summed E-state index contributed by atoms with van der Waals surface area (Å²) < 4.78 is 19.1. The molecule has 0 saturated carbocycles. The smallest absolute Gasteiger partial charge is 0.341 e. The normalized spacial score (nSPS) is 10.7. The SMILES string of the molecule is O=C(O)COc1cc(Cl)c(Cc2ccc(O)c(Cc3ccccc3F)c2)c(Cl)c1. The third kappa shape index (κ3) is 5.40. The minimum absolute atomic E-state index is 0.0756. The zero-order valence-corrected chi connectivity index (χ0v) is 16.7. The van der Waals surface area contributed by atoms with Crippen LogP contribution in [0.3, 0.4) is 0 Å². The molecule has 0 bridgehead atoms. The number of hydrogen-bond donors (Lipinski definition) is 2. The Morgan fingerprint density at radius 3 is 2.31 bits per heavy atom. The van der Waals surface area contributed by atoms with Gasteiger partial charge in [0.25, 0.3) is 0 Å². The molecule has 4 nitrogen and oxygen atoms in total. The highest BCUT2D eigenvalue weighted by atomic mass is 35.5. The van der Waals surface area contributed by atoms with Gasteiger partial charge in [-0.25, -0.2) is 9.18 Å². The average Bonchev–Trinajstić information content (AvgIpc) is 2.67. The van der Waals surface area contributed by atoms with Crippen molar-refractivity contribution < 1.29 is 24.1 Å². The van der Waals surface area contributed by atoms with E-state index in [-0.39, 0.29) is 23.7 Å². The third-order valence-corrected chi connectivity index (χ3v) is 5.01. The van der Waals surface area contributed by atoms with E-state index in [1.54, 1.807) is 36.4 Å². The van der Waals surface area contributed by atoms with Crippen molar-refractivity contribution in [1.29, 1.82) is 0 Å². The predicted molar refractivity (Wildman–Crippen MR) is 110 cm³/mol. The quantitative estimate of drug-likeness (QED) is 0.516. The van der Waals surface area contributed by atoms with Crippen molar-refractivity contribution in [2.45, 2.75) is 12.8 Å². The summed E-state index contributed by atoms with van der Waals surface area (Å²) >= 11 is 12.6. The standard InChI is InChI=1S/C22H17Cl2FO4/c23-18-10-16(29-12-22(27)28)11-19(24)17(18)8-13-5-6-21(26)15(7-13)9-14-3-1-2-4-20(14)25/h1-7,10-11,26H,8-9,12H2,(H,27,28). The maximum Gasteiger partial charge on any atom is 0.341 e. The van der Waals surface area contributed by atoms with Crippen LogP contribution in [0.15, 0.2) is 54.6 Å². The van der Waals surface area contributed by atoms with Crippen molar-refractivity contribution in [1.82, 2.24) is 0 Å². The predicted octanol–water partition coefficient (Wildman–Crippen LogP) is 5.48. The molecule has 3 aromatic carbocycles. The zero-order chi connectivity index (χ0) is 21.0. The number of halogens is 3. The summed E-state index contributed by atoms with van der Waals surface area (Å²) in [5.41, 5.74) is 2.54. The fourth-order valence-electron chi connectivity index (χ4n) is 2.92. The third-order valence-electron chi connectivity index (χ3n) is 4.34. The number of carboxylic acids is 1. The number of aromatic hydroxyl groups is 1. The molecule has 0 heterocycles. The van der Waals surface area contributed by atoms with Gasteiger partial charge in [-0.2, -0.15) is 0 Å². The van der Waals surface area contributed by atoms with Gasteiger partial charge in [0.2, 0.25) is 0 Å². The van der Waals surface area contributed by atoms with Crippen LogP contribution >= 0.6 is 23.2 Å². The minimum Gasteiger partial charge on any atom is -0.508 e. The maximum atomic E-state index is 13.9. The van der Waals surface area contributed by atoms with E-state index in [1.165, 1.54) is 18.2 Å². The largest absolute Gasteiger partial charge is 0.508 e. The number of rotatable bonds is 7. The summed E-state index contributed by atoms with van der Waals surface area (Å²) in [5.74, 6) is -1.10. The van der Waals surface area contributed by atoms with Gasteiger partial charge in [0, 0.05) is 22.9 Å². The Bertz CT molecular complexity index is 1030. The van der Waals surface area contributed by atoms with Gasteiger partial charge in [0.05, 0.1) is 0 Å². The summed E-state index contributed by atoms with van der Waals surface area (Å²) in [6.45, 7) is -0.497. The van der Waals surface area contributed by atoms with Crippen molar-refractivity contribution in [2.24, 2.45) is 0 Å². The Balaban J connectivity index is 1.83. The number of benzene rings is 3. The molecule has 150 valence electrons. The highest BCUT2D eigenvalue weighted by Gasteiger charge is 2.13. The number of carbonyl (C=O) groups is 1. The van der Waals surface area contributed by atoms with E-state index in [0.717, 1.165) is 5.56 Å². The molecule has 0 aliphatic rings. The molecule has 3 rings (SSSR count). The number of carboxylic acid groups (broad SMARTS) is 1. The second-order valence-corrected chi connectivity index (χ2v) is 7.27. The van der Waals surface area contributed by atoms with Crippen molar-refractivity contribution in [3.8, 4) is 11.5 Å². The number of aliphatic carboxylic acids is 1. The lowest BCUT2D eigenvalue weighted by molar-refractivity contribution is -0.139. The first-order valence-corrected chi connectivity index (χ1v) is 9.45. The van der Waals surface area contributed by atoms with E-state index < -0.39 is 12.6 Å². The molecular weight excluding hydrogens is 418 g/mol. The number of ether oxygens (including phenoxy) is 1. The molecule has 3 aromatic rings. The van der Waals surface area contributed by atoms with Gasteiger partial charge in [0.15, 0.2) is 6.61 Å². The first kappa shape index (κ1) is 21.0. The van der Waals surface area contributed by atoms with Crippen LogP contribution in [0.4, 0.5) is 4.39 Å². The molecular formula is C22H17Cl2FO4. The van der Waals surface area contributed by atoms with Crippen LogP contribution in [0, 0.1) is 5.82 Å². The van der Waals surface area contributed by atoms with Gasteiger partial charge < -0.3 is 14.9 Å². The molecule has 0 radical (unpaired) electrons. The molecule has 0 fully saturated rings. The Hall–Kier alpha value is -2.76. The summed E-state index contributed by atoms with van der Waals surface area (Å²) in [4.78, 5) is 10.6. The molecule has 0 aromatic heterocycles.